The molecule has 0 aromatic carbocycles. The zero-order chi connectivity index (χ0) is 18.4. The van der Waals surface area contributed by atoms with E-state index < -0.39 is 5.60 Å². The van der Waals surface area contributed by atoms with E-state index in [1.165, 1.54) is 5.01 Å². The maximum atomic E-state index is 11.9. The van der Waals surface area contributed by atoms with Gasteiger partial charge in [-0.25, -0.2) is 9.78 Å². The third-order valence-corrected chi connectivity index (χ3v) is 4.65. The zero-order valence-corrected chi connectivity index (χ0v) is 16.6. The number of likely N-dealkylation sites (tertiary alicyclic amines) is 1. The Morgan fingerprint density at radius 2 is 2.20 bits per heavy atom. The number of amides is 1. The van der Waals surface area contributed by atoms with Crippen LogP contribution in [0.5, 0.6) is 0 Å². The van der Waals surface area contributed by atoms with Gasteiger partial charge in [-0.2, -0.15) is 0 Å². The molecule has 1 aromatic rings. The monoisotopic (exact) mass is 367 g/mol. The summed E-state index contributed by atoms with van der Waals surface area (Å²) in [5.41, 5.74) is 0.633. The van der Waals surface area contributed by atoms with Gasteiger partial charge in [-0.3, -0.25) is 4.99 Å². The van der Waals surface area contributed by atoms with Gasteiger partial charge in [-0.15, -0.1) is 11.3 Å². The first kappa shape index (κ1) is 19.5. The smallest absolute Gasteiger partial charge is 0.410 e. The van der Waals surface area contributed by atoms with E-state index in [0.717, 1.165) is 31.0 Å². The van der Waals surface area contributed by atoms with E-state index in [4.69, 9.17) is 4.74 Å². The fourth-order valence-corrected chi connectivity index (χ4v) is 3.22. The number of carbonyl (C=O) groups is 1. The molecule has 1 saturated heterocycles. The van der Waals surface area contributed by atoms with Gasteiger partial charge in [0.15, 0.2) is 5.96 Å². The Morgan fingerprint density at radius 3 is 2.76 bits per heavy atom. The molecule has 0 radical (unpaired) electrons. The number of thiazole rings is 1. The van der Waals surface area contributed by atoms with E-state index in [1.807, 2.05) is 27.7 Å². The van der Waals surface area contributed by atoms with Gasteiger partial charge >= 0.3 is 6.09 Å². The number of aliphatic imine (C=N–C) groups is 1. The Hall–Kier alpha value is -1.83. The zero-order valence-electron chi connectivity index (χ0n) is 15.8. The summed E-state index contributed by atoms with van der Waals surface area (Å²) >= 11 is 1.71. The molecule has 7 nitrogen and oxygen atoms in total. The van der Waals surface area contributed by atoms with Crippen molar-refractivity contribution in [1.82, 2.24) is 20.5 Å². The number of guanidine groups is 1. The highest BCUT2D eigenvalue weighted by Gasteiger charge is 2.34. The molecule has 0 spiro atoms. The summed E-state index contributed by atoms with van der Waals surface area (Å²) < 4.78 is 5.35. The van der Waals surface area contributed by atoms with Crippen LogP contribution in [0.25, 0.3) is 0 Å². The molecule has 2 heterocycles. The lowest BCUT2D eigenvalue weighted by atomic mass is 10.1. The third kappa shape index (κ3) is 6.53. The van der Waals surface area contributed by atoms with Gasteiger partial charge in [-0.05, 0) is 34.1 Å². The van der Waals surface area contributed by atoms with Crippen LogP contribution in [0.15, 0.2) is 10.4 Å². The van der Waals surface area contributed by atoms with Crippen LogP contribution in [0.4, 0.5) is 4.79 Å². The predicted octanol–water partition coefficient (Wildman–Crippen LogP) is 2.17. The van der Waals surface area contributed by atoms with Crippen LogP contribution in [0.2, 0.25) is 0 Å². The minimum Gasteiger partial charge on any atom is -0.444 e. The van der Waals surface area contributed by atoms with Crippen LogP contribution in [0.1, 0.15) is 37.9 Å². The fourth-order valence-electron chi connectivity index (χ4n) is 2.40. The average molecular weight is 368 g/mol. The van der Waals surface area contributed by atoms with Crippen molar-refractivity contribution in [2.24, 2.45) is 4.99 Å². The first-order valence-electron chi connectivity index (χ1n) is 8.63. The standard InChI is InChI=1S/C17H29N5O2S/c1-12-11-25-14(20-12)7-6-8-19-15(18-5)21-13-9-22(10-13)16(23)24-17(2,3)4/h11,13H,6-10H2,1-5H3,(H2,18,19,21). The molecular formula is C17H29N5O2S. The summed E-state index contributed by atoms with van der Waals surface area (Å²) in [6, 6.07) is 0.209. The molecule has 25 heavy (non-hydrogen) atoms. The van der Waals surface area contributed by atoms with Gasteiger partial charge in [0.25, 0.3) is 0 Å². The quantitative estimate of drug-likeness (QED) is 0.474. The number of hydrogen-bond acceptors (Lipinski definition) is 5. The molecule has 0 saturated carbocycles. The van der Waals surface area contributed by atoms with Crippen molar-refractivity contribution >= 4 is 23.4 Å². The van der Waals surface area contributed by atoms with E-state index >= 15 is 0 Å². The van der Waals surface area contributed by atoms with E-state index in [1.54, 1.807) is 23.3 Å². The molecule has 140 valence electrons. The molecule has 1 aliphatic heterocycles. The summed E-state index contributed by atoms with van der Waals surface area (Å²) in [5.74, 6) is 0.768. The van der Waals surface area contributed by atoms with E-state index in [9.17, 15) is 4.79 Å². The van der Waals surface area contributed by atoms with Crippen LogP contribution >= 0.6 is 11.3 Å². The Kier molecular flexibility index (Phi) is 6.64. The normalized spacial score (nSPS) is 15.7. The highest BCUT2D eigenvalue weighted by molar-refractivity contribution is 7.09. The van der Waals surface area contributed by atoms with Crippen LogP contribution in [-0.2, 0) is 11.2 Å². The van der Waals surface area contributed by atoms with Crippen molar-refractivity contribution in [2.75, 3.05) is 26.7 Å². The Bertz CT molecular complexity index is 602. The van der Waals surface area contributed by atoms with E-state index in [0.29, 0.717) is 13.1 Å². The molecule has 2 rings (SSSR count). The number of aryl methyl sites for hydroxylation is 2. The molecule has 0 unspecified atom stereocenters. The topological polar surface area (TPSA) is 78.9 Å². The average Bonchev–Trinajstić information content (AvgIpc) is 2.88. The van der Waals surface area contributed by atoms with Gasteiger partial charge in [-0.1, -0.05) is 0 Å². The summed E-state index contributed by atoms with van der Waals surface area (Å²) in [4.78, 5) is 22.3. The van der Waals surface area contributed by atoms with Crippen LogP contribution in [-0.4, -0.2) is 60.3 Å². The maximum Gasteiger partial charge on any atom is 0.410 e. The van der Waals surface area contributed by atoms with Crippen molar-refractivity contribution < 1.29 is 9.53 Å². The molecule has 0 bridgehead atoms. The number of nitrogens with zero attached hydrogens (tertiary/aromatic N) is 3. The third-order valence-electron chi connectivity index (χ3n) is 3.62. The number of hydrogen-bond donors (Lipinski definition) is 2. The lowest BCUT2D eigenvalue weighted by Gasteiger charge is -2.40. The lowest BCUT2D eigenvalue weighted by molar-refractivity contribution is 0.00701. The first-order chi connectivity index (χ1) is 11.8. The van der Waals surface area contributed by atoms with Gasteiger partial charge in [0, 0.05) is 44.2 Å². The van der Waals surface area contributed by atoms with Crippen LogP contribution in [0, 0.1) is 6.92 Å². The van der Waals surface area contributed by atoms with Gasteiger partial charge < -0.3 is 20.3 Å². The highest BCUT2D eigenvalue weighted by atomic mass is 32.1. The minimum absolute atomic E-state index is 0.209. The summed E-state index contributed by atoms with van der Waals surface area (Å²) in [5, 5.41) is 9.89. The van der Waals surface area contributed by atoms with Crippen molar-refractivity contribution in [2.45, 2.75) is 52.2 Å². The van der Waals surface area contributed by atoms with Crippen LogP contribution < -0.4 is 10.6 Å². The molecule has 0 atom stereocenters. The predicted molar refractivity (Wildman–Crippen MR) is 101 cm³/mol. The Labute approximate surface area is 153 Å². The molecular weight excluding hydrogens is 338 g/mol. The van der Waals surface area contributed by atoms with Crippen molar-refractivity contribution in [3.8, 4) is 0 Å². The Balaban J connectivity index is 1.62. The molecule has 1 fully saturated rings. The second-order valence-electron chi connectivity index (χ2n) is 7.21. The highest BCUT2D eigenvalue weighted by Crippen LogP contribution is 2.15. The van der Waals surface area contributed by atoms with Crippen molar-refractivity contribution in [1.29, 1.82) is 0 Å². The van der Waals surface area contributed by atoms with Crippen molar-refractivity contribution in [3.63, 3.8) is 0 Å². The number of aromatic nitrogens is 1. The number of ether oxygens (including phenoxy) is 1. The fraction of sp³-hybridized carbons (Fsp3) is 0.706. The molecule has 2 N–H and O–H groups in total. The number of nitrogens with one attached hydrogen (secondary N) is 2. The summed E-state index contributed by atoms with van der Waals surface area (Å²) in [6.07, 6.45) is 1.72. The maximum absolute atomic E-state index is 11.9. The lowest BCUT2D eigenvalue weighted by Crippen LogP contribution is -2.63. The van der Waals surface area contributed by atoms with Gasteiger partial charge in [0.05, 0.1) is 11.0 Å². The molecule has 1 amide bonds. The second-order valence-corrected chi connectivity index (χ2v) is 8.15. The molecule has 1 aromatic heterocycles. The number of carbonyl (C=O) groups excluding carboxylic acids is 1. The summed E-state index contributed by atoms with van der Waals surface area (Å²) in [6.45, 7) is 9.74. The van der Waals surface area contributed by atoms with Crippen LogP contribution in [0.3, 0.4) is 0 Å². The Morgan fingerprint density at radius 1 is 1.48 bits per heavy atom. The number of rotatable bonds is 5. The minimum atomic E-state index is -0.455. The largest absolute Gasteiger partial charge is 0.444 e. The van der Waals surface area contributed by atoms with E-state index in [-0.39, 0.29) is 12.1 Å². The van der Waals surface area contributed by atoms with Gasteiger partial charge in [0.1, 0.15) is 5.60 Å². The van der Waals surface area contributed by atoms with Crippen molar-refractivity contribution in [3.05, 3.63) is 16.1 Å². The first-order valence-corrected chi connectivity index (χ1v) is 9.51. The SMILES string of the molecule is CN=C(NCCCc1nc(C)cs1)NC1CN(C(=O)OC(C)(C)C)C1. The van der Waals surface area contributed by atoms with Gasteiger partial charge in [0.2, 0.25) is 0 Å². The summed E-state index contributed by atoms with van der Waals surface area (Å²) in [7, 11) is 1.75. The van der Waals surface area contributed by atoms with E-state index in [2.05, 4.69) is 26.0 Å². The molecule has 1 aliphatic rings. The molecule has 0 aliphatic carbocycles. The molecule has 8 heteroatoms. The second kappa shape index (κ2) is 8.51.